The summed E-state index contributed by atoms with van der Waals surface area (Å²) >= 11 is 6.45. The number of fused-ring (bicyclic) bond motifs is 1. The Labute approximate surface area is 217 Å². The van der Waals surface area contributed by atoms with E-state index in [0.717, 1.165) is 5.69 Å². The van der Waals surface area contributed by atoms with Gasteiger partial charge in [0.25, 0.3) is 0 Å². The molecule has 37 heavy (non-hydrogen) atoms. The number of anilines is 3. The molecule has 4 aromatic rings. The Bertz CT molecular complexity index is 1450. The van der Waals surface area contributed by atoms with Crippen molar-refractivity contribution in [3.8, 4) is 5.75 Å². The van der Waals surface area contributed by atoms with Crippen LogP contribution in [0.15, 0.2) is 67.1 Å². The second-order valence-electron chi connectivity index (χ2n) is 8.46. The largest absolute Gasteiger partial charge is 0.486 e. The number of pyridine rings is 1. The molecule has 5 rings (SSSR count). The highest BCUT2D eigenvalue weighted by atomic mass is 35.5. The number of carbonyl (C=O) groups excluding carboxylic acids is 1. The lowest BCUT2D eigenvalue weighted by Gasteiger charge is -2.20. The zero-order valence-corrected chi connectivity index (χ0v) is 20.4. The molecule has 2 aromatic carbocycles. The molecule has 1 fully saturated rings. The van der Waals surface area contributed by atoms with E-state index < -0.39 is 12.1 Å². The van der Waals surface area contributed by atoms with Crippen LogP contribution in [0.3, 0.4) is 0 Å². The van der Waals surface area contributed by atoms with Gasteiger partial charge in [0.1, 0.15) is 30.5 Å². The zero-order chi connectivity index (χ0) is 25.8. The zero-order valence-electron chi connectivity index (χ0n) is 19.6. The maximum atomic E-state index is 12.8. The SMILES string of the molecule is O=C(Nc1ccc2ncnc(Nc3ccc(OCc4ccccn4)c(Cl)c3)c2c1)[C@@H]1CCCN1C(=O)O. The Morgan fingerprint density at radius 2 is 1.95 bits per heavy atom. The minimum absolute atomic E-state index is 0.295. The lowest BCUT2D eigenvalue weighted by Crippen LogP contribution is -2.42. The van der Waals surface area contributed by atoms with E-state index in [1.165, 1.54) is 11.2 Å². The van der Waals surface area contributed by atoms with E-state index >= 15 is 0 Å². The van der Waals surface area contributed by atoms with Crippen LogP contribution in [0.4, 0.5) is 22.0 Å². The number of nitrogens with one attached hydrogen (secondary N) is 2. The van der Waals surface area contributed by atoms with Gasteiger partial charge in [-0.1, -0.05) is 17.7 Å². The van der Waals surface area contributed by atoms with Gasteiger partial charge in [-0.15, -0.1) is 0 Å². The minimum atomic E-state index is -1.09. The lowest BCUT2D eigenvalue weighted by atomic mass is 10.1. The molecule has 1 aliphatic rings. The maximum Gasteiger partial charge on any atom is 0.407 e. The highest BCUT2D eigenvalue weighted by molar-refractivity contribution is 6.32. The van der Waals surface area contributed by atoms with E-state index in [2.05, 4.69) is 25.6 Å². The number of amides is 2. The number of ether oxygens (including phenoxy) is 1. The number of nitrogens with zero attached hydrogens (tertiary/aromatic N) is 4. The Kier molecular flexibility index (Phi) is 7.00. The molecule has 0 saturated carbocycles. The summed E-state index contributed by atoms with van der Waals surface area (Å²) in [6.07, 6.45) is 3.19. The van der Waals surface area contributed by atoms with Crippen molar-refractivity contribution in [2.45, 2.75) is 25.5 Å². The molecule has 3 heterocycles. The summed E-state index contributed by atoms with van der Waals surface area (Å²) in [7, 11) is 0. The van der Waals surface area contributed by atoms with Crippen LogP contribution in [0.2, 0.25) is 5.02 Å². The molecule has 0 aliphatic carbocycles. The van der Waals surface area contributed by atoms with E-state index in [-0.39, 0.29) is 5.91 Å². The molecule has 3 N–H and O–H groups in total. The van der Waals surface area contributed by atoms with Gasteiger partial charge in [0.2, 0.25) is 5.91 Å². The van der Waals surface area contributed by atoms with E-state index in [1.807, 2.05) is 24.3 Å². The van der Waals surface area contributed by atoms with Crippen molar-refractivity contribution in [1.82, 2.24) is 19.9 Å². The summed E-state index contributed by atoms with van der Waals surface area (Å²) in [6, 6.07) is 15.4. The van der Waals surface area contributed by atoms with Gasteiger partial charge < -0.3 is 20.5 Å². The molecule has 1 saturated heterocycles. The third-order valence-electron chi connectivity index (χ3n) is 6.00. The first-order valence-electron chi connectivity index (χ1n) is 11.6. The number of halogens is 1. The number of carboxylic acid groups (broad SMARTS) is 1. The van der Waals surface area contributed by atoms with Crippen molar-refractivity contribution in [2.24, 2.45) is 0 Å². The van der Waals surface area contributed by atoms with Gasteiger partial charge in [0, 0.05) is 29.5 Å². The van der Waals surface area contributed by atoms with Gasteiger partial charge >= 0.3 is 6.09 Å². The van der Waals surface area contributed by atoms with Gasteiger partial charge in [-0.2, -0.15) is 0 Å². The number of likely N-dealkylation sites (tertiary alicyclic amines) is 1. The first-order chi connectivity index (χ1) is 18.0. The molecule has 2 aromatic heterocycles. The number of benzene rings is 2. The van der Waals surface area contributed by atoms with E-state index in [1.54, 1.807) is 36.5 Å². The monoisotopic (exact) mass is 518 g/mol. The Morgan fingerprint density at radius 3 is 2.73 bits per heavy atom. The van der Waals surface area contributed by atoms with E-state index in [0.29, 0.717) is 64.9 Å². The normalized spacial score (nSPS) is 14.9. The summed E-state index contributed by atoms with van der Waals surface area (Å²) in [4.78, 5) is 38.2. The third-order valence-corrected chi connectivity index (χ3v) is 6.30. The molecule has 0 spiro atoms. The summed E-state index contributed by atoms with van der Waals surface area (Å²) in [6.45, 7) is 0.645. The average molecular weight is 519 g/mol. The predicted octanol–water partition coefficient (Wildman–Crippen LogP) is 5.08. The van der Waals surface area contributed by atoms with Crippen LogP contribution < -0.4 is 15.4 Å². The number of aromatic nitrogens is 3. The van der Waals surface area contributed by atoms with Crippen molar-refractivity contribution >= 4 is 51.7 Å². The van der Waals surface area contributed by atoms with Crippen LogP contribution in [0, 0.1) is 0 Å². The molecule has 11 heteroatoms. The number of hydrogen-bond donors (Lipinski definition) is 3. The fraction of sp³-hybridized carbons (Fsp3) is 0.192. The van der Waals surface area contributed by atoms with Crippen LogP contribution in [-0.2, 0) is 11.4 Å². The van der Waals surface area contributed by atoms with Crippen molar-refractivity contribution in [2.75, 3.05) is 17.2 Å². The molecular formula is C26H23ClN6O4. The Hall–Kier alpha value is -4.44. The quantitative estimate of drug-likeness (QED) is 0.309. The van der Waals surface area contributed by atoms with Crippen molar-refractivity contribution in [3.05, 3.63) is 77.8 Å². The number of rotatable bonds is 7. The minimum Gasteiger partial charge on any atom is -0.486 e. The van der Waals surface area contributed by atoms with Crippen LogP contribution in [0.25, 0.3) is 10.9 Å². The van der Waals surface area contributed by atoms with E-state index in [9.17, 15) is 14.7 Å². The fourth-order valence-electron chi connectivity index (χ4n) is 4.20. The summed E-state index contributed by atoms with van der Waals surface area (Å²) in [5.41, 5.74) is 2.67. The van der Waals surface area contributed by atoms with Crippen molar-refractivity contribution in [1.29, 1.82) is 0 Å². The van der Waals surface area contributed by atoms with Gasteiger partial charge in [-0.05, 0) is 61.4 Å². The van der Waals surface area contributed by atoms with Gasteiger partial charge in [0.05, 0.1) is 16.2 Å². The van der Waals surface area contributed by atoms with Gasteiger partial charge in [-0.25, -0.2) is 14.8 Å². The Morgan fingerprint density at radius 1 is 1.08 bits per heavy atom. The summed E-state index contributed by atoms with van der Waals surface area (Å²) < 4.78 is 5.79. The third kappa shape index (κ3) is 5.54. The lowest BCUT2D eigenvalue weighted by molar-refractivity contribution is -0.119. The molecule has 0 bridgehead atoms. The number of hydrogen-bond acceptors (Lipinski definition) is 7. The van der Waals surface area contributed by atoms with Gasteiger partial charge in [0.15, 0.2) is 0 Å². The fourth-order valence-corrected chi connectivity index (χ4v) is 4.43. The molecule has 0 radical (unpaired) electrons. The topological polar surface area (TPSA) is 130 Å². The molecular weight excluding hydrogens is 496 g/mol. The van der Waals surface area contributed by atoms with Crippen molar-refractivity contribution in [3.63, 3.8) is 0 Å². The van der Waals surface area contributed by atoms with Gasteiger partial charge in [-0.3, -0.25) is 14.7 Å². The summed E-state index contributed by atoms with van der Waals surface area (Å²) in [5, 5.41) is 16.5. The molecule has 2 amide bonds. The van der Waals surface area contributed by atoms with Crippen LogP contribution in [0.1, 0.15) is 18.5 Å². The molecule has 0 unspecified atom stereocenters. The van der Waals surface area contributed by atoms with Crippen LogP contribution >= 0.6 is 11.6 Å². The van der Waals surface area contributed by atoms with Crippen molar-refractivity contribution < 1.29 is 19.4 Å². The molecule has 1 aliphatic heterocycles. The second-order valence-corrected chi connectivity index (χ2v) is 8.86. The average Bonchev–Trinajstić information content (AvgIpc) is 3.40. The van der Waals surface area contributed by atoms with E-state index in [4.69, 9.17) is 16.3 Å². The smallest absolute Gasteiger partial charge is 0.407 e. The molecule has 188 valence electrons. The predicted molar refractivity (Wildman–Crippen MR) is 139 cm³/mol. The highest BCUT2D eigenvalue weighted by Gasteiger charge is 2.34. The highest BCUT2D eigenvalue weighted by Crippen LogP contribution is 2.31. The first-order valence-corrected chi connectivity index (χ1v) is 12.0. The molecule has 10 nitrogen and oxygen atoms in total. The first kappa shape index (κ1) is 24.3. The number of carbonyl (C=O) groups is 2. The van der Waals surface area contributed by atoms with Crippen LogP contribution in [-0.4, -0.2) is 49.5 Å². The Balaban J connectivity index is 1.32. The second kappa shape index (κ2) is 10.7. The van der Waals surface area contributed by atoms with Crippen LogP contribution in [0.5, 0.6) is 5.75 Å². The molecule has 1 atom stereocenters. The maximum absolute atomic E-state index is 12.8. The standard InChI is InChI=1S/C26H23ClN6O4/c27-20-13-17(7-9-23(20)37-14-18-4-1-2-10-28-18)31-24-19-12-16(6-8-21(19)29-15-30-24)32-25(34)22-5-3-11-33(22)26(35)36/h1-2,4,6-10,12-13,15,22H,3,5,11,14H2,(H,32,34)(H,35,36)(H,29,30,31)/t22-/m0/s1. The summed E-state index contributed by atoms with van der Waals surface area (Å²) in [5.74, 6) is 0.684.